The summed E-state index contributed by atoms with van der Waals surface area (Å²) in [5.41, 5.74) is 3.02. The van der Waals surface area contributed by atoms with E-state index < -0.39 is 0 Å². The molecule has 1 aliphatic heterocycles. The van der Waals surface area contributed by atoms with Gasteiger partial charge in [0, 0.05) is 30.4 Å². The molecule has 31 heavy (non-hydrogen) atoms. The monoisotopic (exact) mass is 432 g/mol. The lowest BCUT2D eigenvalue weighted by Crippen LogP contribution is -2.42. The van der Waals surface area contributed by atoms with E-state index >= 15 is 0 Å². The number of imidazole rings is 1. The number of hydrogen-bond donors (Lipinski definition) is 1. The topological polar surface area (TPSA) is 75.9 Å². The summed E-state index contributed by atoms with van der Waals surface area (Å²) in [4.78, 5) is 27.9. The summed E-state index contributed by atoms with van der Waals surface area (Å²) in [7, 11) is 0. The van der Waals surface area contributed by atoms with Crippen LogP contribution in [0.5, 0.6) is 0 Å². The molecule has 1 amide bonds. The lowest BCUT2D eigenvalue weighted by molar-refractivity contribution is 0.0718. The van der Waals surface area contributed by atoms with Gasteiger partial charge in [-0.05, 0) is 48.7 Å². The van der Waals surface area contributed by atoms with E-state index in [0.717, 1.165) is 24.1 Å². The number of anilines is 1. The highest BCUT2D eigenvalue weighted by atomic mass is 35.5. The van der Waals surface area contributed by atoms with Crippen molar-refractivity contribution >= 4 is 34.5 Å². The van der Waals surface area contributed by atoms with Gasteiger partial charge in [-0.25, -0.2) is 4.98 Å². The summed E-state index contributed by atoms with van der Waals surface area (Å²) >= 11 is 6.23. The van der Waals surface area contributed by atoms with Crippen LogP contribution in [0.4, 0.5) is 5.82 Å². The number of benzene rings is 2. The first-order valence-electron chi connectivity index (χ1n) is 10.3. The molecular weight excluding hydrogens is 412 g/mol. The van der Waals surface area contributed by atoms with Crippen molar-refractivity contribution in [2.45, 2.75) is 18.9 Å². The van der Waals surface area contributed by atoms with E-state index in [1.54, 1.807) is 6.33 Å². The van der Waals surface area contributed by atoms with Crippen LogP contribution in [0, 0.1) is 0 Å². The first-order valence-corrected chi connectivity index (χ1v) is 10.6. The number of piperidine rings is 1. The number of carbonyl (C=O) groups excluding carboxylic acids is 1. The van der Waals surface area contributed by atoms with Gasteiger partial charge in [-0.3, -0.25) is 9.36 Å². The first kappa shape index (κ1) is 19.5. The number of halogens is 1. The number of para-hydroxylation sites is 1. The predicted molar refractivity (Wildman–Crippen MR) is 121 cm³/mol. The summed E-state index contributed by atoms with van der Waals surface area (Å²) in [5, 5.41) is 3.65. The van der Waals surface area contributed by atoms with Crippen molar-refractivity contribution in [3.8, 4) is 5.69 Å². The van der Waals surface area contributed by atoms with E-state index in [0.29, 0.717) is 30.1 Å². The lowest BCUT2D eigenvalue weighted by Gasteiger charge is -2.32. The van der Waals surface area contributed by atoms with Gasteiger partial charge in [-0.1, -0.05) is 36.4 Å². The number of nitrogens with zero attached hydrogens (tertiary/aromatic N) is 5. The number of aromatic nitrogens is 4. The van der Waals surface area contributed by atoms with Gasteiger partial charge in [0.2, 0.25) is 5.28 Å². The van der Waals surface area contributed by atoms with Crippen LogP contribution in [0.15, 0.2) is 67.0 Å². The molecule has 0 atom stereocenters. The van der Waals surface area contributed by atoms with Crippen molar-refractivity contribution in [1.82, 2.24) is 24.4 Å². The summed E-state index contributed by atoms with van der Waals surface area (Å²) in [6.07, 6.45) is 3.37. The number of likely N-dealkylation sites (tertiary alicyclic amines) is 1. The Balaban J connectivity index is 1.33. The number of amides is 1. The average Bonchev–Trinajstić information content (AvgIpc) is 3.24. The van der Waals surface area contributed by atoms with Crippen molar-refractivity contribution in [3.63, 3.8) is 0 Å². The zero-order chi connectivity index (χ0) is 21.2. The van der Waals surface area contributed by atoms with Crippen LogP contribution in [0.25, 0.3) is 16.9 Å². The second-order valence-electron chi connectivity index (χ2n) is 7.54. The molecule has 156 valence electrons. The maximum absolute atomic E-state index is 12.7. The molecule has 1 fully saturated rings. The molecule has 1 saturated heterocycles. The van der Waals surface area contributed by atoms with Crippen molar-refractivity contribution < 1.29 is 4.79 Å². The first-order chi connectivity index (χ1) is 15.2. The van der Waals surface area contributed by atoms with Crippen LogP contribution in [0.2, 0.25) is 5.28 Å². The van der Waals surface area contributed by atoms with E-state index in [9.17, 15) is 4.79 Å². The van der Waals surface area contributed by atoms with Crippen LogP contribution in [-0.2, 0) is 0 Å². The molecule has 0 spiro atoms. The molecule has 2 aromatic heterocycles. The highest BCUT2D eigenvalue weighted by Gasteiger charge is 2.25. The Kier molecular flexibility index (Phi) is 5.26. The molecule has 2 aromatic carbocycles. The zero-order valence-corrected chi connectivity index (χ0v) is 17.5. The Morgan fingerprint density at radius 2 is 1.65 bits per heavy atom. The quantitative estimate of drug-likeness (QED) is 0.489. The number of hydrogen-bond acceptors (Lipinski definition) is 5. The molecule has 8 heteroatoms. The fourth-order valence-electron chi connectivity index (χ4n) is 3.94. The lowest BCUT2D eigenvalue weighted by atomic mass is 10.0. The molecule has 3 heterocycles. The highest BCUT2D eigenvalue weighted by molar-refractivity contribution is 6.28. The molecule has 1 aliphatic rings. The smallest absolute Gasteiger partial charge is 0.253 e. The van der Waals surface area contributed by atoms with Crippen molar-refractivity contribution in [2.24, 2.45) is 0 Å². The summed E-state index contributed by atoms with van der Waals surface area (Å²) < 4.78 is 1.90. The second-order valence-corrected chi connectivity index (χ2v) is 7.88. The molecular formula is C23H21ClN6O. The standard InChI is InChI=1S/C23H21ClN6O/c24-23-27-20(19-21(28-23)30(15-25-19)18-9-5-2-6-10-18)26-17-11-13-29(14-12-17)22(31)16-7-3-1-4-8-16/h1-10,15,17H,11-14H2,(H,26,27,28). The summed E-state index contributed by atoms with van der Waals surface area (Å²) in [5.74, 6) is 0.700. The Morgan fingerprint density at radius 3 is 2.35 bits per heavy atom. The normalized spacial score (nSPS) is 14.7. The molecule has 0 saturated carbocycles. The van der Waals surface area contributed by atoms with Gasteiger partial charge in [0.1, 0.15) is 6.33 Å². The Labute approximate surface area is 184 Å². The van der Waals surface area contributed by atoms with Gasteiger partial charge in [0.15, 0.2) is 17.0 Å². The number of rotatable bonds is 4. The minimum atomic E-state index is 0.0770. The largest absolute Gasteiger partial charge is 0.365 e. The summed E-state index contributed by atoms with van der Waals surface area (Å²) in [6, 6.07) is 19.5. The predicted octanol–water partition coefficient (Wildman–Crippen LogP) is 4.19. The minimum absolute atomic E-state index is 0.0770. The van der Waals surface area contributed by atoms with Crippen molar-refractivity contribution in [1.29, 1.82) is 0 Å². The van der Waals surface area contributed by atoms with Crippen LogP contribution in [0.1, 0.15) is 23.2 Å². The fourth-order valence-corrected chi connectivity index (χ4v) is 4.10. The van der Waals surface area contributed by atoms with Crippen molar-refractivity contribution in [3.05, 3.63) is 77.8 Å². The van der Waals surface area contributed by atoms with Crippen LogP contribution < -0.4 is 5.32 Å². The van der Waals surface area contributed by atoms with Crippen LogP contribution >= 0.6 is 11.6 Å². The Morgan fingerprint density at radius 1 is 0.968 bits per heavy atom. The van der Waals surface area contributed by atoms with Gasteiger partial charge in [-0.2, -0.15) is 9.97 Å². The van der Waals surface area contributed by atoms with Gasteiger partial charge >= 0.3 is 0 Å². The number of carbonyl (C=O) groups is 1. The number of nitrogens with one attached hydrogen (secondary N) is 1. The summed E-state index contributed by atoms with van der Waals surface area (Å²) in [6.45, 7) is 1.37. The fraction of sp³-hybridized carbons (Fsp3) is 0.217. The van der Waals surface area contributed by atoms with E-state index in [4.69, 9.17) is 11.6 Å². The van der Waals surface area contributed by atoms with E-state index in [-0.39, 0.29) is 17.2 Å². The van der Waals surface area contributed by atoms with Crippen LogP contribution in [0.3, 0.4) is 0 Å². The third-order valence-electron chi connectivity index (χ3n) is 5.55. The average molecular weight is 433 g/mol. The molecule has 4 aromatic rings. The molecule has 0 bridgehead atoms. The third-order valence-corrected chi connectivity index (χ3v) is 5.72. The molecule has 5 rings (SSSR count). The molecule has 0 aliphatic carbocycles. The van der Waals surface area contributed by atoms with Gasteiger partial charge < -0.3 is 10.2 Å². The Hall–Kier alpha value is -3.45. The molecule has 0 radical (unpaired) electrons. The maximum Gasteiger partial charge on any atom is 0.253 e. The zero-order valence-electron chi connectivity index (χ0n) is 16.8. The van der Waals surface area contributed by atoms with E-state index in [1.165, 1.54) is 0 Å². The van der Waals surface area contributed by atoms with Gasteiger partial charge in [0.25, 0.3) is 5.91 Å². The number of fused-ring (bicyclic) bond motifs is 1. The Bertz CT molecular complexity index is 1200. The maximum atomic E-state index is 12.7. The second kappa shape index (κ2) is 8.35. The minimum Gasteiger partial charge on any atom is -0.365 e. The van der Waals surface area contributed by atoms with E-state index in [2.05, 4.69) is 20.3 Å². The molecule has 0 unspecified atom stereocenters. The van der Waals surface area contributed by atoms with E-state index in [1.807, 2.05) is 70.1 Å². The van der Waals surface area contributed by atoms with Crippen molar-refractivity contribution in [2.75, 3.05) is 18.4 Å². The van der Waals surface area contributed by atoms with Gasteiger partial charge in [0.05, 0.1) is 0 Å². The highest BCUT2D eigenvalue weighted by Crippen LogP contribution is 2.26. The third kappa shape index (κ3) is 3.96. The SMILES string of the molecule is O=C(c1ccccc1)N1CCC(Nc2nc(Cl)nc3c2ncn3-c2ccccc2)CC1. The van der Waals surface area contributed by atoms with Crippen LogP contribution in [-0.4, -0.2) is 49.5 Å². The molecule has 7 nitrogen and oxygen atoms in total. The van der Waals surface area contributed by atoms with Gasteiger partial charge in [-0.15, -0.1) is 0 Å². The molecule has 1 N–H and O–H groups in total.